The standard InChI is InChI=1S/C13H15BrN4O3/c1-9-3-4-11(18(19)20)10(7-9)13-16-15-12(8-14)17(13)5-6-21-2/h3-4,7H,5-6,8H2,1-2H3. The van der Waals surface area contributed by atoms with Gasteiger partial charge in [0.05, 0.1) is 22.4 Å². The zero-order valence-electron chi connectivity index (χ0n) is 11.7. The van der Waals surface area contributed by atoms with Gasteiger partial charge in [-0.3, -0.25) is 10.1 Å². The third kappa shape index (κ3) is 3.27. The van der Waals surface area contributed by atoms with Crippen LogP contribution in [0.3, 0.4) is 0 Å². The smallest absolute Gasteiger partial charge is 0.280 e. The van der Waals surface area contributed by atoms with Crippen LogP contribution in [0.1, 0.15) is 11.4 Å². The second kappa shape index (κ2) is 6.77. The lowest BCUT2D eigenvalue weighted by Crippen LogP contribution is -2.09. The molecule has 0 aliphatic rings. The van der Waals surface area contributed by atoms with Crippen LogP contribution in [0.2, 0.25) is 0 Å². The zero-order chi connectivity index (χ0) is 15.4. The first-order chi connectivity index (χ1) is 10.1. The number of nitro groups is 1. The number of nitrogens with zero attached hydrogens (tertiary/aromatic N) is 4. The number of benzene rings is 1. The first kappa shape index (κ1) is 15.6. The van der Waals surface area contributed by atoms with Crippen molar-refractivity contribution in [1.29, 1.82) is 0 Å². The molecule has 8 heteroatoms. The van der Waals surface area contributed by atoms with Crippen LogP contribution < -0.4 is 0 Å². The minimum Gasteiger partial charge on any atom is -0.383 e. The van der Waals surface area contributed by atoms with Crippen LogP contribution in [-0.4, -0.2) is 33.4 Å². The molecule has 0 radical (unpaired) electrons. The van der Waals surface area contributed by atoms with Gasteiger partial charge in [-0.1, -0.05) is 22.0 Å². The van der Waals surface area contributed by atoms with Crippen molar-refractivity contribution in [2.45, 2.75) is 18.8 Å². The van der Waals surface area contributed by atoms with Crippen molar-refractivity contribution in [3.8, 4) is 11.4 Å². The summed E-state index contributed by atoms with van der Waals surface area (Å²) in [5.41, 5.74) is 1.42. The van der Waals surface area contributed by atoms with Crippen molar-refractivity contribution in [3.05, 3.63) is 39.7 Å². The van der Waals surface area contributed by atoms with Gasteiger partial charge in [-0.15, -0.1) is 10.2 Å². The van der Waals surface area contributed by atoms with Gasteiger partial charge in [0, 0.05) is 19.7 Å². The normalized spacial score (nSPS) is 10.8. The Morgan fingerprint density at radius 3 is 2.81 bits per heavy atom. The lowest BCUT2D eigenvalue weighted by molar-refractivity contribution is -0.384. The molecule has 2 aromatic rings. The number of rotatable bonds is 6. The minimum absolute atomic E-state index is 0.0211. The Hall–Kier alpha value is -1.80. The molecule has 21 heavy (non-hydrogen) atoms. The molecule has 0 spiro atoms. The SMILES string of the molecule is COCCn1c(CBr)nnc1-c1cc(C)ccc1[N+](=O)[O-]. The van der Waals surface area contributed by atoms with Crippen molar-refractivity contribution in [1.82, 2.24) is 14.8 Å². The Morgan fingerprint density at radius 2 is 2.19 bits per heavy atom. The molecule has 0 amide bonds. The molecule has 2 rings (SSSR count). The summed E-state index contributed by atoms with van der Waals surface area (Å²) in [6, 6.07) is 4.96. The Kier molecular flexibility index (Phi) is 5.03. The summed E-state index contributed by atoms with van der Waals surface area (Å²) in [6.45, 7) is 2.89. The summed E-state index contributed by atoms with van der Waals surface area (Å²) in [5.74, 6) is 1.19. The fourth-order valence-electron chi connectivity index (χ4n) is 2.04. The maximum atomic E-state index is 11.2. The van der Waals surface area contributed by atoms with Gasteiger partial charge in [-0.25, -0.2) is 0 Å². The third-order valence-corrected chi connectivity index (χ3v) is 3.56. The number of aryl methyl sites for hydroxylation is 1. The highest BCUT2D eigenvalue weighted by Gasteiger charge is 2.21. The maximum Gasteiger partial charge on any atom is 0.280 e. The average Bonchev–Trinajstić information content (AvgIpc) is 2.87. The zero-order valence-corrected chi connectivity index (χ0v) is 13.3. The van der Waals surface area contributed by atoms with Crippen molar-refractivity contribution in [2.75, 3.05) is 13.7 Å². The molecular formula is C13H15BrN4O3. The quantitative estimate of drug-likeness (QED) is 0.452. The molecule has 0 aliphatic carbocycles. The predicted molar refractivity (Wildman–Crippen MR) is 81.4 cm³/mol. The van der Waals surface area contributed by atoms with Crippen LogP contribution in [0.25, 0.3) is 11.4 Å². The molecular weight excluding hydrogens is 340 g/mol. The summed E-state index contributed by atoms with van der Waals surface area (Å²) < 4.78 is 6.91. The maximum absolute atomic E-state index is 11.2. The van der Waals surface area contributed by atoms with Crippen LogP contribution in [0, 0.1) is 17.0 Å². The summed E-state index contributed by atoms with van der Waals surface area (Å²) in [4.78, 5) is 10.8. The van der Waals surface area contributed by atoms with E-state index in [1.807, 2.05) is 11.5 Å². The number of aromatic nitrogens is 3. The van der Waals surface area contributed by atoms with Gasteiger partial charge >= 0.3 is 0 Å². The van der Waals surface area contributed by atoms with E-state index in [1.54, 1.807) is 19.2 Å². The van der Waals surface area contributed by atoms with Gasteiger partial charge in [-0.05, 0) is 18.6 Å². The largest absolute Gasteiger partial charge is 0.383 e. The Balaban J connectivity index is 2.58. The van der Waals surface area contributed by atoms with E-state index in [-0.39, 0.29) is 5.69 Å². The lowest BCUT2D eigenvalue weighted by Gasteiger charge is -2.09. The summed E-state index contributed by atoms with van der Waals surface area (Å²) in [6.07, 6.45) is 0. The van der Waals surface area contributed by atoms with E-state index in [0.29, 0.717) is 35.7 Å². The molecule has 0 N–H and O–H groups in total. The van der Waals surface area contributed by atoms with E-state index in [4.69, 9.17) is 4.74 Å². The minimum atomic E-state index is -0.405. The lowest BCUT2D eigenvalue weighted by atomic mass is 10.1. The Morgan fingerprint density at radius 1 is 1.43 bits per heavy atom. The molecule has 0 aliphatic heterocycles. The molecule has 7 nitrogen and oxygen atoms in total. The topological polar surface area (TPSA) is 83.1 Å². The van der Waals surface area contributed by atoms with E-state index < -0.39 is 4.92 Å². The second-order valence-corrected chi connectivity index (χ2v) is 5.06. The second-order valence-electron chi connectivity index (χ2n) is 4.50. The highest BCUT2D eigenvalue weighted by Crippen LogP contribution is 2.30. The highest BCUT2D eigenvalue weighted by atomic mass is 79.9. The van der Waals surface area contributed by atoms with Crippen LogP contribution in [0.5, 0.6) is 0 Å². The molecule has 0 bridgehead atoms. The van der Waals surface area contributed by atoms with Gasteiger partial charge in [0.15, 0.2) is 5.82 Å². The Bertz CT molecular complexity index is 657. The van der Waals surface area contributed by atoms with E-state index in [0.717, 1.165) is 5.56 Å². The van der Waals surface area contributed by atoms with Gasteiger partial charge < -0.3 is 9.30 Å². The van der Waals surface area contributed by atoms with Crippen LogP contribution in [0.15, 0.2) is 18.2 Å². The number of ether oxygens (including phenoxy) is 1. The highest BCUT2D eigenvalue weighted by molar-refractivity contribution is 9.08. The van der Waals surface area contributed by atoms with Crippen molar-refractivity contribution in [3.63, 3.8) is 0 Å². The molecule has 0 saturated carbocycles. The van der Waals surface area contributed by atoms with Gasteiger partial charge in [0.2, 0.25) is 0 Å². The van der Waals surface area contributed by atoms with Crippen LogP contribution in [-0.2, 0) is 16.6 Å². The van der Waals surface area contributed by atoms with Crippen molar-refractivity contribution < 1.29 is 9.66 Å². The van der Waals surface area contributed by atoms with Gasteiger partial charge in [0.1, 0.15) is 5.82 Å². The molecule has 0 unspecified atom stereocenters. The van der Waals surface area contributed by atoms with Gasteiger partial charge in [-0.2, -0.15) is 0 Å². The summed E-state index contributed by atoms with van der Waals surface area (Å²) in [7, 11) is 1.60. The number of halogens is 1. The van der Waals surface area contributed by atoms with E-state index in [2.05, 4.69) is 26.1 Å². The molecule has 0 fully saturated rings. The third-order valence-electron chi connectivity index (χ3n) is 3.06. The van der Waals surface area contributed by atoms with Crippen LogP contribution in [0.4, 0.5) is 5.69 Å². The number of alkyl halides is 1. The fourth-order valence-corrected chi connectivity index (χ4v) is 2.45. The molecule has 0 saturated heterocycles. The predicted octanol–water partition coefficient (Wildman–Crippen LogP) is 2.70. The first-order valence-corrected chi connectivity index (χ1v) is 7.43. The van der Waals surface area contributed by atoms with E-state index in [1.165, 1.54) is 6.07 Å². The number of nitro benzene ring substituents is 1. The number of methoxy groups -OCH3 is 1. The Labute approximate surface area is 130 Å². The molecule has 0 atom stereocenters. The number of hydrogen-bond acceptors (Lipinski definition) is 5. The fraction of sp³-hybridized carbons (Fsp3) is 0.385. The van der Waals surface area contributed by atoms with Gasteiger partial charge in [0.25, 0.3) is 5.69 Å². The monoisotopic (exact) mass is 354 g/mol. The van der Waals surface area contributed by atoms with E-state index >= 15 is 0 Å². The van der Waals surface area contributed by atoms with Crippen LogP contribution >= 0.6 is 15.9 Å². The van der Waals surface area contributed by atoms with Crippen molar-refractivity contribution in [2.24, 2.45) is 0 Å². The summed E-state index contributed by atoms with van der Waals surface area (Å²) >= 11 is 3.35. The first-order valence-electron chi connectivity index (χ1n) is 6.31. The number of hydrogen-bond donors (Lipinski definition) is 0. The molecule has 1 heterocycles. The van der Waals surface area contributed by atoms with E-state index in [9.17, 15) is 10.1 Å². The molecule has 1 aromatic carbocycles. The van der Waals surface area contributed by atoms with Crippen molar-refractivity contribution >= 4 is 21.6 Å². The molecule has 112 valence electrons. The average molecular weight is 355 g/mol. The molecule has 1 aromatic heterocycles. The summed E-state index contributed by atoms with van der Waals surface area (Å²) in [5, 5.41) is 19.9.